The average Bonchev–Trinajstić information content (AvgIpc) is 3.46. The highest BCUT2D eigenvalue weighted by atomic mass is 16.7. The molecule has 0 radical (unpaired) electrons. The first-order valence-corrected chi connectivity index (χ1v) is 12.8. The van der Waals surface area contributed by atoms with E-state index in [0.29, 0.717) is 12.5 Å². The van der Waals surface area contributed by atoms with Crippen LogP contribution in [0.3, 0.4) is 0 Å². The summed E-state index contributed by atoms with van der Waals surface area (Å²) in [5, 5.41) is 17.2. The second kappa shape index (κ2) is 9.31. The largest absolute Gasteiger partial charge is 0.389 e. The van der Waals surface area contributed by atoms with E-state index in [1.807, 2.05) is 24.0 Å². The molecule has 1 amide bonds. The Bertz CT molecular complexity index is 1030. The van der Waals surface area contributed by atoms with E-state index in [1.165, 1.54) is 32.1 Å². The van der Waals surface area contributed by atoms with Gasteiger partial charge in [-0.2, -0.15) is 5.10 Å². The van der Waals surface area contributed by atoms with Gasteiger partial charge in [-0.3, -0.25) is 4.79 Å². The maximum absolute atomic E-state index is 11.8. The van der Waals surface area contributed by atoms with Crippen LogP contribution in [-0.2, 0) is 16.2 Å². The van der Waals surface area contributed by atoms with E-state index in [1.54, 1.807) is 0 Å². The standard InChI is InChI=1S/C25H36N6O2/c1-3-22(32)28-18-10-12-25(13-11-18)14-21(30-33-25)19-15-26-24-20(16-27-31(24)4-2)23(19)29-17-8-6-5-7-9-17/h15-18H,3-14H2,1-2H3,(H,26,29)(H,28,32). The number of aromatic nitrogens is 3. The summed E-state index contributed by atoms with van der Waals surface area (Å²) in [6, 6.07) is 0.722. The topological polar surface area (TPSA) is 93.4 Å². The van der Waals surface area contributed by atoms with Gasteiger partial charge < -0.3 is 15.5 Å². The van der Waals surface area contributed by atoms with Gasteiger partial charge in [0.15, 0.2) is 5.65 Å². The predicted octanol–water partition coefficient (Wildman–Crippen LogP) is 4.53. The van der Waals surface area contributed by atoms with Gasteiger partial charge in [-0.1, -0.05) is 31.3 Å². The molecule has 8 nitrogen and oxygen atoms in total. The summed E-state index contributed by atoms with van der Waals surface area (Å²) in [7, 11) is 0. The van der Waals surface area contributed by atoms with Crippen LogP contribution in [0.2, 0.25) is 0 Å². The second-order valence-corrected chi connectivity index (χ2v) is 9.91. The van der Waals surface area contributed by atoms with Crippen LogP contribution >= 0.6 is 0 Å². The molecule has 1 spiro atoms. The summed E-state index contributed by atoms with van der Waals surface area (Å²) >= 11 is 0. The van der Waals surface area contributed by atoms with Crippen molar-refractivity contribution in [3.63, 3.8) is 0 Å². The van der Waals surface area contributed by atoms with Crippen molar-refractivity contribution in [3.8, 4) is 0 Å². The number of carbonyl (C=O) groups is 1. The summed E-state index contributed by atoms with van der Waals surface area (Å²) < 4.78 is 1.95. The van der Waals surface area contributed by atoms with E-state index in [2.05, 4.69) is 27.8 Å². The number of oxime groups is 1. The Hall–Kier alpha value is -2.64. The minimum absolute atomic E-state index is 0.130. The van der Waals surface area contributed by atoms with Crippen molar-refractivity contribution in [1.82, 2.24) is 20.1 Å². The molecule has 2 aromatic rings. The van der Waals surface area contributed by atoms with Crippen molar-refractivity contribution in [1.29, 1.82) is 0 Å². The summed E-state index contributed by atoms with van der Waals surface area (Å²) in [5.74, 6) is 0.130. The van der Waals surface area contributed by atoms with Gasteiger partial charge in [0.05, 0.1) is 23.0 Å². The lowest BCUT2D eigenvalue weighted by atomic mass is 9.78. The molecule has 0 aromatic carbocycles. The molecule has 0 saturated heterocycles. The molecule has 8 heteroatoms. The van der Waals surface area contributed by atoms with Crippen LogP contribution in [0.25, 0.3) is 11.0 Å². The van der Waals surface area contributed by atoms with Crippen LogP contribution in [0.5, 0.6) is 0 Å². The Morgan fingerprint density at radius 3 is 2.64 bits per heavy atom. The van der Waals surface area contributed by atoms with Gasteiger partial charge in [-0.25, -0.2) is 9.67 Å². The molecule has 33 heavy (non-hydrogen) atoms. The summed E-state index contributed by atoms with van der Waals surface area (Å²) in [6.45, 7) is 4.78. The van der Waals surface area contributed by atoms with E-state index in [9.17, 15) is 4.79 Å². The SMILES string of the molecule is CCC(=O)NC1CCC2(CC1)CC(c1cnc3c(cnn3CC)c1NC1CCCCC1)=NO2. The number of anilines is 1. The van der Waals surface area contributed by atoms with Crippen LogP contribution in [0, 0.1) is 0 Å². The maximum Gasteiger partial charge on any atom is 0.219 e. The Morgan fingerprint density at radius 2 is 1.91 bits per heavy atom. The highest BCUT2D eigenvalue weighted by Gasteiger charge is 2.43. The molecule has 3 heterocycles. The second-order valence-electron chi connectivity index (χ2n) is 9.91. The lowest BCUT2D eigenvalue weighted by Crippen LogP contribution is -2.43. The molecular weight excluding hydrogens is 416 g/mol. The number of carbonyl (C=O) groups excluding carboxylic acids is 1. The molecule has 2 fully saturated rings. The first kappa shape index (κ1) is 22.2. The lowest BCUT2D eigenvalue weighted by molar-refractivity contribution is -0.122. The highest BCUT2D eigenvalue weighted by Crippen LogP contribution is 2.41. The van der Waals surface area contributed by atoms with E-state index >= 15 is 0 Å². The molecule has 3 aliphatic rings. The number of pyridine rings is 1. The summed E-state index contributed by atoms with van der Waals surface area (Å²) in [5.41, 5.74) is 3.79. The van der Waals surface area contributed by atoms with Crippen LogP contribution in [0.1, 0.15) is 90.0 Å². The van der Waals surface area contributed by atoms with Gasteiger partial charge >= 0.3 is 0 Å². The van der Waals surface area contributed by atoms with Crippen molar-refractivity contribution in [2.24, 2.45) is 5.16 Å². The van der Waals surface area contributed by atoms with Crippen molar-refractivity contribution < 1.29 is 9.63 Å². The number of amides is 1. The van der Waals surface area contributed by atoms with Crippen LogP contribution in [0.4, 0.5) is 5.69 Å². The van der Waals surface area contributed by atoms with Crippen LogP contribution in [0.15, 0.2) is 17.5 Å². The van der Waals surface area contributed by atoms with Crippen LogP contribution < -0.4 is 10.6 Å². The number of hydrogen-bond acceptors (Lipinski definition) is 6. The third kappa shape index (κ3) is 4.44. The zero-order valence-corrected chi connectivity index (χ0v) is 19.9. The smallest absolute Gasteiger partial charge is 0.219 e. The van der Waals surface area contributed by atoms with Gasteiger partial charge in [0.1, 0.15) is 5.60 Å². The number of aryl methyl sites for hydroxylation is 1. The van der Waals surface area contributed by atoms with Crippen molar-refractivity contribution in [2.75, 3.05) is 5.32 Å². The quantitative estimate of drug-likeness (QED) is 0.672. The third-order valence-corrected chi connectivity index (χ3v) is 7.65. The maximum atomic E-state index is 11.8. The molecular formula is C25H36N6O2. The monoisotopic (exact) mass is 452 g/mol. The molecule has 2 aromatic heterocycles. The van der Waals surface area contributed by atoms with Gasteiger partial charge in [0.25, 0.3) is 0 Å². The van der Waals surface area contributed by atoms with Gasteiger partial charge in [0, 0.05) is 43.2 Å². The molecule has 2 aliphatic carbocycles. The van der Waals surface area contributed by atoms with Crippen molar-refractivity contribution in [3.05, 3.63) is 18.0 Å². The predicted molar refractivity (Wildman–Crippen MR) is 129 cm³/mol. The average molecular weight is 453 g/mol. The molecule has 1 aliphatic heterocycles. The summed E-state index contributed by atoms with van der Waals surface area (Å²) in [4.78, 5) is 22.7. The minimum Gasteiger partial charge on any atom is -0.389 e. The number of nitrogens with one attached hydrogen (secondary N) is 2. The Kier molecular flexibility index (Phi) is 6.25. The Labute approximate surface area is 195 Å². The zero-order valence-electron chi connectivity index (χ0n) is 19.9. The number of fused-ring (bicyclic) bond motifs is 1. The minimum atomic E-state index is -0.257. The number of rotatable bonds is 6. The Balaban J connectivity index is 1.37. The van der Waals surface area contributed by atoms with Gasteiger partial charge in [-0.15, -0.1) is 0 Å². The zero-order chi connectivity index (χ0) is 22.8. The Morgan fingerprint density at radius 1 is 1.12 bits per heavy atom. The van der Waals surface area contributed by atoms with E-state index in [-0.39, 0.29) is 17.6 Å². The van der Waals surface area contributed by atoms with E-state index < -0.39 is 0 Å². The van der Waals surface area contributed by atoms with Crippen molar-refractivity contribution >= 4 is 28.3 Å². The first-order valence-electron chi connectivity index (χ1n) is 12.8. The van der Waals surface area contributed by atoms with E-state index in [0.717, 1.165) is 66.6 Å². The van der Waals surface area contributed by atoms with Gasteiger partial charge in [0.2, 0.25) is 5.91 Å². The normalized spacial score (nSPS) is 25.8. The highest BCUT2D eigenvalue weighted by molar-refractivity contribution is 6.10. The fraction of sp³-hybridized carbons (Fsp3) is 0.680. The molecule has 0 unspecified atom stereocenters. The lowest BCUT2D eigenvalue weighted by Gasteiger charge is -2.35. The molecule has 2 saturated carbocycles. The molecule has 178 valence electrons. The fourth-order valence-corrected chi connectivity index (χ4v) is 5.64. The molecule has 0 atom stereocenters. The van der Waals surface area contributed by atoms with Gasteiger partial charge in [-0.05, 0) is 45.4 Å². The number of hydrogen-bond donors (Lipinski definition) is 2. The molecule has 5 rings (SSSR count). The van der Waals surface area contributed by atoms with Crippen molar-refractivity contribution in [2.45, 2.75) is 109 Å². The van der Waals surface area contributed by atoms with Crippen LogP contribution in [-0.4, -0.2) is 44.1 Å². The fourth-order valence-electron chi connectivity index (χ4n) is 5.64. The summed E-state index contributed by atoms with van der Waals surface area (Å²) in [6.07, 6.45) is 15.2. The van der Waals surface area contributed by atoms with E-state index in [4.69, 9.17) is 9.82 Å². The number of nitrogens with zero attached hydrogens (tertiary/aromatic N) is 4. The third-order valence-electron chi connectivity index (χ3n) is 7.65. The molecule has 0 bridgehead atoms. The molecule has 2 N–H and O–H groups in total. The first-order chi connectivity index (χ1) is 16.1.